The normalized spacial score (nSPS) is 17.8. The molecule has 1 aliphatic heterocycles. The third-order valence-corrected chi connectivity index (χ3v) is 3.68. The van der Waals surface area contributed by atoms with Crippen molar-refractivity contribution in [2.45, 2.75) is 25.9 Å². The first-order valence-electron chi connectivity index (χ1n) is 6.43. The molecule has 0 fully saturated rings. The Labute approximate surface area is 108 Å². The molecular weight excluding hydrogens is 220 g/mol. The lowest BCUT2D eigenvalue weighted by Gasteiger charge is -2.25. The number of anilines is 2. The predicted octanol–water partition coefficient (Wildman–Crippen LogP) is 3.22. The van der Waals surface area contributed by atoms with E-state index in [0.717, 1.165) is 18.7 Å². The molecule has 0 saturated carbocycles. The van der Waals surface area contributed by atoms with E-state index < -0.39 is 0 Å². The molecule has 18 heavy (non-hydrogen) atoms. The summed E-state index contributed by atoms with van der Waals surface area (Å²) >= 11 is 0. The van der Waals surface area contributed by atoms with Crippen molar-refractivity contribution < 1.29 is 0 Å². The summed E-state index contributed by atoms with van der Waals surface area (Å²) in [5, 5.41) is 0. The third kappa shape index (κ3) is 1.94. The van der Waals surface area contributed by atoms with Crippen LogP contribution in [0.5, 0.6) is 0 Å². The van der Waals surface area contributed by atoms with Crippen LogP contribution in [0.1, 0.15) is 18.1 Å². The van der Waals surface area contributed by atoms with E-state index in [2.05, 4.69) is 48.2 Å². The van der Waals surface area contributed by atoms with Crippen LogP contribution in [0.4, 0.5) is 11.4 Å². The number of nitrogens with zero attached hydrogens (tertiary/aromatic N) is 1. The van der Waals surface area contributed by atoms with Gasteiger partial charge in [-0.3, -0.25) is 0 Å². The highest BCUT2D eigenvalue weighted by atomic mass is 15.2. The molecule has 0 saturated heterocycles. The predicted molar refractivity (Wildman–Crippen MR) is 76.6 cm³/mol. The quantitative estimate of drug-likeness (QED) is 0.814. The Morgan fingerprint density at radius 2 is 1.83 bits per heavy atom. The molecule has 0 radical (unpaired) electrons. The largest absolute Gasteiger partial charge is 0.399 e. The molecule has 2 aromatic carbocycles. The van der Waals surface area contributed by atoms with E-state index >= 15 is 0 Å². The fraction of sp³-hybridized carbons (Fsp3) is 0.250. The number of nitrogen functional groups attached to an aromatic ring is 1. The van der Waals surface area contributed by atoms with Gasteiger partial charge >= 0.3 is 0 Å². The average Bonchev–Trinajstić information content (AvgIpc) is 2.69. The molecule has 0 aromatic heterocycles. The second kappa shape index (κ2) is 4.37. The van der Waals surface area contributed by atoms with Crippen LogP contribution < -0.4 is 10.6 Å². The zero-order valence-corrected chi connectivity index (χ0v) is 10.6. The van der Waals surface area contributed by atoms with Crippen molar-refractivity contribution in [3.8, 4) is 0 Å². The first-order chi connectivity index (χ1) is 8.74. The number of hydrogen-bond donors (Lipinski definition) is 1. The standard InChI is InChI=1S/C16H18N2/c1-12-10-14-4-2-3-5-16(14)18(12)11-13-6-8-15(17)9-7-13/h2-9,12H,10-11,17H2,1H3/t12-/m0/s1. The summed E-state index contributed by atoms with van der Waals surface area (Å²) in [5.41, 5.74) is 10.7. The van der Waals surface area contributed by atoms with Gasteiger partial charge in [-0.1, -0.05) is 30.3 Å². The molecule has 0 unspecified atom stereocenters. The van der Waals surface area contributed by atoms with E-state index in [9.17, 15) is 0 Å². The summed E-state index contributed by atoms with van der Waals surface area (Å²) in [5.74, 6) is 0. The van der Waals surface area contributed by atoms with Crippen LogP contribution in [0.2, 0.25) is 0 Å². The molecule has 1 atom stereocenters. The number of para-hydroxylation sites is 1. The molecule has 2 heteroatoms. The van der Waals surface area contributed by atoms with Gasteiger partial charge in [-0.25, -0.2) is 0 Å². The smallest absolute Gasteiger partial charge is 0.0432 e. The Balaban J connectivity index is 1.87. The van der Waals surface area contributed by atoms with E-state index in [1.54, 1.807) is 0 Å². The Kier molecular flexibility index (Phi) is 2.71. The van der Waals surface area contributed by atoms with Crippen LogP contribution in [-0.2, 0) is 13.0 Å². The topological polar surface area (TPSA) is 29.3 Å². The van der Waals surface area contributed by atoms with Gasteiger partial charge in [0.1, 0.15) is 0 Å². The van der Waals surface area contributed by atoms with Gasteiger partial charge in [0.25, 0.3) is 0 Å². The zero-order valence-electron chi connectivity index (χ0n) is 10.6. The van der Waals surface area contributed by atoms with Crippen LogP contribution in [0.25, 0.3) is 0 Å². The first kappa shape index (κ1) is 11.1. The van der Waals surface area contributed by atoms with Gasteiger partial charge in [-0.05, 0) is 42.7 Å². The molecule has 3 rings (SSSR count). The molecule has 2 aromatic rings. The Morgan fingerprint density at radius 1 is 1.11 bits per heavy atom. The Hall–Kier alpha value is -1.96. The van der Waals surface area contributed by atoms with Crippen LogP contribution in [0.15, 0.2) is 48.5 Å². The summed E-state index contributed by atoms with van der Waals surface area (Å²) < 4.78 is 0. The van der Waals surface area contributed by atoms with Crippen LogP contribution >= 0.6 is 0 Å². The highest BCUT2D eigenvalue weighted by molar-refractivity contribution is 5.59. The van der Waals surface area contributed by atoms with E-state index in [0.29, 0.717) is 6.04 Å². The summed E-state index contributed by atoms with van der Waals surface area (Å²) in [6.45, 7) is 3.25. The SMILES string of the molecule is C[C@H]1Cc2ccccc2N1Cc1ccc(N)cc1. The van der Waals surface area contributed by atoms with E-state index in [1.165, 1.54) is 16.8 Å². The highest BCUT2D eigenvalue weighted by Crippen LogP contribution is 2.32. The van der Waals surface area contributed by atoms with Crippen molar-refractivity contribution in [2.75, 3.05) is 10.6 Å². The second-order valence-electron chi connectivity index (χ2n) is 5.05. The maximum atomic E-state index is 5.73. The van der Waals surface area contributed by atoms with Crippen molar-refractivity contribution in [2.24, 2.45) is 0 Å². The van der Waals surface area contributed by atoms with Gasteiger partial charge in [0, 0.05) is 24.0 Å². The minimum atomic E-state index is 0.569. The minimum absolute atomic E-state index is 0.569. The van der Waals surface area contributed by atoms with E-state index in [1.807, 2.05) is 12.1 Å². The number of fused-ring (bicyclic) bond motifs is 1. The van der Waals surface area contributed by atoms with Gasteiger partial charge < -0.3 is 10.6 Å². The van der Waals surface area contributed by atoms with Gasteiger partial charge in [-0.15, -0.1) is 0 Å². The van der Waals surface area contributed by atoms with Gasteiger partial charge in [0.05, 0.1) is 0 Å². The molecule has 2 nitrogen and oxygen atoms in total. The van der Waals surface area contributed by atoms with Gasteiger partial charge in [-0.2, -0.15) is 0 Å². The molecule has 1 heterocycles. The average molecular weight is 238 g/mol. The number of rotatable bonds is 2. The lowest BCUT2D eigenvalue weighted by Crippen LogP contribution is -2.28. The molecule has 1 aliphatic rings. The van der Waals surface area contributed by atoms with Gasteiger partial charge in [0.15, 0.2) is 0 Å². The molecule has 0 aliphatic carbocycles. The lowest BCUT2D eigenvalue weighted by molar-refractivity contribution is 0.672. The van der Waals surface area contributed by atoms with Crippen LogP contribution in [0, 0.1) is 0 Å². The minimum Gasteiger partial charge on any atom is -0.399 e. The van der Waals surface area contributed by atoms with Crippen molar-refractivity contribution in [1.29, 1.82) is 0 Å². The third-order valence-electron chi connectivity index (χ3n) is 3.68. The summed E-state index contributed by atoms with van der Waals surface area (Å²) in [6.07, 6.45) is 1.14. The van der Waals surface area contributed by atoms with Crippen LogP contribution in [0.3, 0.4) is 0 Å². The van der Waals surface area contributed by atoms with Crippen molar-refractivity contribution in [1.82, 2.24) is 0 Å². The highest BCUT2D eigenvalue weighted by Gasteiger charge is 2.25. The number of nitrogens with two attached hydrogens (primary N) is 1. The monoisotopic (exact) mass is 238 g/mol. The molecule has 0 spiro atoms. The lowest BCUT2D eigenvalue weighted by atomic mass is 10.1. The van der Waals surface area contributed by atoms with E-state index in [4.69, 9.17) is 5.73 Å². The van der Waals surface area contributed by atoms with Gasteiger partial charge in [0.2, 0.25) is 0 Å². The molecular formula is C16H18N2. The van der Waals surface area contributed by atoms with Crippen molar-refractivity contribution in [3.05, 3.63) is 59.7 Å². The summed E-state index contributed by atoms with van der Waals surface area (Å²) in [4.78, 5) is 2.47. The number of benzene rings is 2. The fourth-order valence-electron chi connectivity index (χ4n) is 2.69. The molecule has 0 bridgehead atoms. The number of hydrogen-bond acceptors (Lipinski definition) is 2. The molecule has 2 N–H and O–H groups in total. The Morgan fingerprint density at radius 3 is 2.61 bits per heavy atom. The second-order valence-corrected chi connectivity index (χ2v) is 5.05. The fourth-order valence-corrected chi connectivity index (χ4v) is 2.69. The van der Waals surface area contributed by atoms with E-state index in [-0.39, 0.29) is 0 Å². The Bertz CT molecular complexity index is 545. The molecule has 92 valence electrons. The summed E-state index contributed by atoms with van der Waals surface area (Å²) in [6, 6.07) is 17.4. The first-order valence-corrected chi connectivity index (χ1v) is 6.43. The maximum absolute atomic E-state index is 5.73. The van der Waals surface area contributed by atoms with Crippen LogP contribution in [-0.4, -0.2) is 6.04 Å². The maximum Gasteiger partial charge on any atom is 0.0432 e. The molecule has 0 amide bonds. The van der Waals surface area contributed by atoms with Crippen molar-refractivity contribution >= 4 is 11.4 Å². The summed E-state index contributed by atoms with van der Waals surface area (Å²) in [7, 11) is 0. The van der Waals surface area contributed by atoms with Crippen molar-refractivity contribution in [3.63, 3.8) is 0 Å². The zero-order chi connectivity index (χ0) is 12.5.